The van der Waals surface area contributed by atoms with Gasteiger partial charge in [0.2, 0.25) is 0 Å². The second-order valence-electron chi connectivity index (χ2n) is 17.1. The van der Waals surface area contributed by atoms with Gasteiger partial charge in [0.1, 0.15) is 10.1 Å². The molecule has 9 rings (SSSR count). The standard InChI is InChI=1S/C32H52Cl4N8O6S2.Cu/c33-16-10-9-15-17(20(16)34)30-42-29(15)40-27-12-6-2-1-5-11(12)25(38-27)37-26-13-7-3-4-8-14(13)28(39-26)41-32-19-18(31(43-30)44-32)21(35)22(36)24(52(48,49)50)23(19)51(45,46)47;/h11-32,37-44H,1-10H2,(H,45,46,47)(H,48,49,50);/q;+2/p-2. The summed E-state index contributed by atoms with van der Waals surface area (Å²) < 4.78 is 77.7. The molecule has 0 spiro atoms. The average molecular weight is 912 g/mol. The van der Waals surface area contributed by atoms with Crippen LogP contribution in [0.1, 0.15) is 64.2 Å². The van der Waals surface area contributed by atoms with Crippen molar-refractivity contribution in [3.63, 3.8) is 0 Å². The maximum absolute atomic E-state index is 13.2. The van der Waals surface area contributed by atoms with Gasteiger partial charge in [-0.25, -0.2) is 16.8 Å². The Hall–Kier alpha value is 1.18. The minimum atomic E-state index is -5.37. The Kier molecular flexibility index (Phi) is 11.8. The third kappa shape index (κ3) is 7.09. The van der Waals surface area contributed by atoms with E-state index < -0.39 is 71.8 Å². The zero-order valence-corrected chi connectivity index (χ0v) is 34.5. The number of alkyl halides is 4. The fourth-order valence-electron chi connectivity index (χ4n) is 12.6. The molecule has 0 amide bonds. The third-order valence-electron chi connectivity index (χ3n) is 14.7. The summed E-state index contributed by atoms with van der Waals surface area (Å²) in [6.07, 6.45) is 8.04. The van der Waals surface area contributed by atoms with Crippen molar-refractivity contribution in [3.05, 3.63) is 0 Å². The number of hydrogen-bond acceptors (Lipinski definition) is 14. The molecule has 0 aromatic rings. The predicted molar refractivity (Wildman–Crippen MR) is 195 cm³/mol. The zero-order valence-electron chi connectivity index (χ0n) is 28.9. The van der Waals surface area contributed by atoms with Crippen LogP contribution in [0.25, 0.3) is 0 Å². The molecule has 5 aliphatic heterocycles. The molecule has 14 nitrogen and oxygen atoms in total. The molecular formula is C32H50Cl4CuN8O6S2. The van der Waals surface area contributed by atoms with E-state index in [2.05, 4.69) is 42.5 Å². The van der Waals surface area contributed by atoms with E-state index in [1.807, 2.05) is 0 Å². The number of hydrogen-bond donors (Lipinski definition) is 8. The summed E-state index contributed by atoms with van der Waals surface area (Å²) in [5.41, 5.74) is 0. The van der Waals surface area contributed by atoms with Crippen molar-refractivity contribution in [1.82, 2.24) is 42.5 Å². The van der Waals surface area contributed by atoms with Crippen LogP contribution in [0.5, 0.6) is 0 Å². The van der Waals surface area contributed by atoms with E-state index in [0.717, 1.165) is 51.4 Å². The molecule has 21 heteroatoms. The molecule has 8 N–H and O–H groups in total. The van der Waals surface area contributed by atoms with Crippen LogP contribution in [-0.2, 0) is 37.3 Å². The maximum Gasteiger partial charge on any atom is 2.00 e. The van der Waals surface area contributed by atoms with Gasteiger partial charge in [0.25, 0.3) is 0 Å². The molecule has 4 aliphatic carbocycles. The van der Waals surface area contributed by atoms with Gasteiger partial charge in [-0.1, -0.05) is 25.7 Å². The quantitative estimate of drug-likeness (QED) is 0.108. The van der Waals surface area contributed by atoms with Crippen LogP contribution in [0.4, 0.5) is 0 Å². The first-order chi connectivity index (χ1) is 24.7. The van der Waals surface area contributed by atoms with Crippen LogP contribution in [0.15, 0.2) is 0 Å². The molecule has 4 saturated carbocycles. The van der Waals surface area contributed by atoms with Crippen molar-refractivity contribution in [1.29, 1.82) is 0 Å². The number of halogens is 4. The van der Waals surface area contributed by atoms with Crippen LogP contribution >= 0.6 is 46.4 Å². The molecule has 0 aromatic heterocycles. The number of rotatable bonds is 2. The van der Waals surface area contributed by atoms with Crippen LogP contribution in [0.3, 0.4) is 0 Å². The molecular weight excluding hydrogens is 862 g/mol. The maximum atomic E-state index is 13.2. The van der Waals surface area contributed by atoms with Crippen LogP contribution in [0, 0.1) is 47.3 Å². The van der Waals surface area contributed by atoms with E-state index in [1.54, 1.807) is 0 Å². The van der Waals surface area contributed by atoms with Crippen LogP contribution < -0.4 is 42.5 Å². The van der Waals surface area contributed by atoms with Crippen molar-refractivity contribution in [2.45, 2.75) is 146 Å². The molecule has 5 heterocycles. The number of nitrogens with one attached hydrogen (secondary N) is 8. The van der Waals surface area contributed by atoms with Crippen molar-refractivity contribution < 1.29 is 43.0 Å². The monoisotopic (exact) mass is 909 g/mol. The fraction of sp³-hybridized carbons (Fsp3) is 1.00. The topological polar surface area (TPSA) is 211 Å². The van der Waals surface area contributed by atoms with E-state index in [9.17, 15) is 25.9 Å². The molecule has 22 atom stereocenters. The van der Waals surface area contributed by atoms with Gasteiger partial charge >= 0.3 is 17.1 Å². The largest absolute Gasteiger partial charge is 2.00 e. The summed E-state index contributed by atoms with van der Waals surface area (Å²) in [7, 11) is -10.7. The average Bonchev–Trinajstić information content (AvgIpc) is 3.82. The van der Waals surface area contributed by atoms with Crippen LogP contribution in [0.2, 0.25) is 0 Å². The Balaban J connectivity index is 0.00000400. The van der Waals surface area contributed by atoms with Crippen molar-refractivity contribution >= 4 is 66.6 Å². The molecule has 5 saturated heterocycles. The van der Waals surface area contributed by atoms with Gasteiger partial charge < -0.3 is 9.11 Å². The summed E-state index contributed by atoms with van der Waals surface area (Å²) in [5, 5.41) is 22.6. The van der Waals surface area contributed by atoms with Gasteiger partial charge in [0.15, 0.2) is 0 Å². The van der Waals surface area contributed by atoms with Gasteiger partial charge in [0.05, 0.1) is 91.5 Å². The van der Waals surface area contributed by atoms with Crippen LogP contribution in [-0.4, -0.2) is 107 Å². The Morgan fingerprint density at radius 2 is 0.755 bits per heavy atom. The number of fused-ring (bicyclic) bond motifs is 20. The Morgan fingerprint density at radius 3 is 1.19 bits per heavy atom. The summed E-state index contributed by atoms with van der Waals surface area (Å²) in [6, 6.07) is 0. The van der Waals surface area contributed by atoms with Gasteiger partial charge in [-0.3, -0.25) is 42.5 Å². The normalized spacial score (nSPS) is 55.3. The second kappa shape index (κ2) is 15.3. The Morgan fingerprint density at radius 1 is 0.396 bits per heavy atom. The van der Waals surface area contributed by atoms with Gasteiger partial charge in [-0.05, 0) is 68.1 Å². The third-order valence-corrected chi connectivity index (χ3v) is 20.0. The molecule has 1 radical (unpaired) electrons. The predicted octanol–water partition coefficient (Wildman–Crippen LogP) is 0.520. The molecule has 8 bridgehead atoms. The zero-order chi connectivity index (χ0) is 36.4. The Labute approximate surface area is 342 Å². The van der Waals surface area contributed by atoms with Crippen molar-refractivity contribution in [2.24, 2.45) is 47.3 Å². The first kappa shape index (κ1) is 40.9. The fourth-order valence-corrected chi connectivity index (χ4v) is 17.7. The Bertz CT molecular complexity index is 1600. The van der Waals surface area contributed by atoms with Gasteiger partial charge in [-0.15, -0.1) is 46.4 Å². The first-order valence-electron chi connectivity index (χ1n) is 19.2. The van der Waals surface area contributed by atoms with Crippen molar-refractivity contribution in [3.8, 4) is 0 Å². The van der Waals surface area contributed by atoms with E-state index in [0.29, 0.717) is 17.8 Å². The second-order valence-corrected chi connectivity index (χ2v) is 22.2. The summed E-state index contributed by atoms with van der Waals surface area (Å²) in [5.74, 6) is -0.669. The first-order valence-corrected chi connectivity index (χ1v) is 23.9. The molecule has 0 aromatic carbocycles. The summed E-state index contributed by atoms with van der Waals surface area (Å²) in [6.45, 7) is 0. The van der Waals surface area contributed by atoms with E-state index >= 15 is 0 Å². The van der Waals surface area contributed by atoms with E-state index in [1.165, 1.54) is 12.8 Å². The molecule has 305 valence electrons. The minimum Gasteiger partial charge on any atom is -0.748 e. The van der Waals surface area contributed by atoms with Crippen molar-refractivity contribution in [2.75, 3.05) is 0 Å². The smallest absolute Gasteiger partial charge is 0.748 e. The van der Waals surface area contributed by atoms with E-state index in [4.69, 9.17) is 46.4 Å². The molecule has 22 unspecified atom stereocenters. The SMILES string of the molecule is O=S(=O)([O-])C1C(Cl)C(Cl)C2C3NC4NC(NC5NC(NC6NC(NC(N3)C2C1S(=O)(=O)[O-])C1CCCCC61)C1CCCCC51)C1CCC(Cl)C(Cl)C41.[Cu+2]. The van der Waals surface area contributed by atoms with Gasteiger partial charge in [0, 0.05) is 17.8 Å². The summed E-state index contributed by atoms with van der Waals surface area (Å²) >= 11 is 27.6. The molecule has 9 aliphatic rings. The molecule has 9 fully saturated rings. The van der Waals surface area contributed by atoms with E-state index in [-0.39, 0.29) is 76.4 Å². The molecule has 53 heavy (non-hydrogen) atoms. The van der Waals surface area contributed by atoms with Gasteiger partial charge in [-0.2, -0.15) is 0 Å². The summed E-state index contributed by atoms with van der Waals surface area (Å²) in [4.78, 5) is 0. The minimum absolute atomic E-state index is 0.